The van der Waals surface area contributed by atoms with Crippen LogP contribution in [-0.2, 0) is 16.1 Å². The predicted octanol–water partition coefficient (Wildman–Crippen LogP) is 3.88. The molecule has 1 saturated carbocycles. The molecule has 1 heterocycles. The van der Waals surface area contributed by atoms with Crippen LogP contribution in [0.3, 0.4) is 0 Å². The molecule has 1 N–H and O–H groups in total. The molecule has 0 unspecified atom stereocenters. The molecule has 24 heavy (non-hydrogen) atoms. The van der Waals surface area contributed by atoms with Gasteiger partial charge in [-0.15, -0.1) is 11.3 Å². The molecule has 5 heteroatoms. The lowest BCUT2D eigenvalue weighted by Gasteiger charge is -2.21. The number of carbonyl (C=O) groups excluding carboxylic acids is 2. The Morgan fingerprint density at radius 3 is 2.62 bits per heavy atom. The van der Waals surface area contributed by atoms with Crippen molar-refractivity contribution in [2.75, 3.05) is 5.32 Å². The van der Waals surface area contributed by atoms with E-state index in [1.54, 1.807) is 11.3 Å². The number of aryl methyl sites for hydroxylation is 2. The Hall–Kier alpha value is -2.14. The maximum absolute atomic E-state index is 12.6. The average molecular weight is 342 g/mol. The minimum absolute atomic E-state index is 0.0892. The Bertz CT molecular complexity index is 749. The van der Waals surface area contributed by atoms with Crippen molar-refractivity contribution in [3.05, 3.63) is 51.7 Å². The summed E-state index contributed by atoms with van der Waals surface area (Å²) in [5, 5.41) is 2.81. The highest BCUT2D eigenvalue weighted by Crippen LogP contribution is 2.30. The zero-order valence-corrected chi connectivity index (χ0v) is 14.9. The molecule has 3 rings (SSSR count). The molecule has 2 amide bonds. The molecule has 0 saturated heterocycles. The van der Waals surface area contributed by atoms with Crippen LogP contribution in [0, 0.1) is 13.8 Å². The van der Waals surface area contributed by atoms with Crippen LogP contribution in [-0.4, -0.2) is 22.8 Å². The summed E-state index contributed by atoms with van der Waals surface area (Å²) in [5.41, 5.74) is 1.81. The number of rotatable bonds is 6. The molecule has 4 nitrogen and oxygen atoms in total. The molecule has 1 fully saturated rings. The molecule has 1 aromatic carbocycles. The number of carbonyl (C=O) groups is 2. The Morgan fingerprint density at radius 1 is 1.21 bits per heavy atom. The third-order valence-electron chi connectivity index (χ3n) is 4.04. The van der Waals surface area contributed by atoms with Gasteiger partial charge in [-0.25, -0.2) is 0 Å². The molecule has 0 spiro atoms. The Balaban J connectivity index is 1.60. The summed E-state index contributed by atoms with van der Waals surface area (Å²) >= 11 is 1.71. The van der Waals surface area contributed by atoms with Gasteiger partial charge < -0.3 is 10.2 Å². The minimum atomic E-state index is -0.251. The van der Waals surface area contributed by atoms with E-state index in [9.17, 15) is 9.59 Å². The van der Waals surface area contributed by atoms with Gasteiger partial charge in [0.15, 0.2) is 0 Å². The van der Waals surface area contributed by atoms with Gasteiger partial charge in [0.25, 0.3) is 0 Å². The zero-order valence-electron chi connectivity index (χ0n) is 14.0. The van der Waals surface area contributed by atoms with Gasteiger partial charge in [-0.2, -0.15) is 0 Å². The monoisotopic (exact) mass is 342 g/mol. The highest BCUT2D eigenvalue weighted by Gasteiger charge is 2.33. The third kappa shape index (κ3) is 4.45. The lowest BCUT2D eigenvalue weighted by atomic mass is 10.2. The molecule has 0 bridgehead atoms. The van der Waals surface area contributed by atoms with E-state index in [1.165, 1.54) is 9.75 Å². The molecular formula is C19H22N2O2S. The second-order valence-electron chi connectivity index (χ2n) is 6.36. The summed E-state index contributed by atoms with van der Waals surface area (Å²) in [7, 11) is 0. The van der Waals surface area contributed by atoms with Crippen molar-refractivity contribution in [3.8, 4) is 0 Å². The minimum Gasteiger partial charge on any atom is -0.334 e. The number of hydrogen-bond donors (Lipinski definition) is 1. The van der Waals surface area contributed by atoms with Crippen LogP contribution in [0.15, 0.2) is 36.4 Å². The first-order chi connectivity index (χ1) is 11.5. The van der Waals surface area contributed by atoms with Gasteiger partial charge in [-0.3, -0.25) is 9.59 Å². The van der Waals surface area contributed by atoms with Gasteiger partial charge in [0.1, 0.15) is 6.42 Å². The Morgan fingerprint density at radius 2 is 2.00 bits per heavy atom. The highest BCUT2D eigenvalue weighted by atomic mass is 32.1. The molecule has 1 aliphatic rings. The van der Waals surface area contributed by atoms with Gasteiger partial charge >= 0.3 is 0 Å². The number of amides is 2. The predicted molar refractivity (Wildman–Crippen MR) is 97.1 cm³/mol. The first kappa shape index (κ1) is 16.7. The maximum Gasteiger partial charge on any atom is 0.233 e. The molecule has 2 aromatic rings. The van der Waals surface area contributed by atoms with Crippen molar-refractivity contribution in [2.24, 2.45) is 0 Å². The van der Waals surface area contributed by atoms with E-state index in [1.807, 2.05) is 36.1 Å². The van der Waals surface area contributed by atoms with E-state index in [2.05, 4.69) is 24.4 Å². The van der Waals surface area contributed by atoms with Crippen LogP contribution in [0.5, 0.6) is 0 Å². The number of nitrogens with one attached hydrogen (secondary N) is 1. The van der Waals surface area contributed by atoms with Crippen molar-refractivity contribution in [1.29, 1.82) is 0 Å². The molecule has 0 radical (unpaired) electrons. The van der Waals surface area contributed by atoms with E-state index in [-0.39, 0.29) is 18.2 Å². The van der Waals surface area contributed by atoms with Crippen LogP contribution >= 0.6 is 11.3 Å². The van der Waals surface area contributed by atoms with Crippen LogP contribution in [0.2, 0.25) is 0 Å². The lowest BCUT2D eigenvalue weighted by molar-refractivity contribution is -0.135. The van der Waals surface area contributed by atoms with Crippen LogP contribution < -0.4 is 5.32 Å². The van der Waals surface area contributed by atoms with Gasteiger partial charge in [0.2, 0.25) is 11.8 Å². The van der Waals surface area contributed by atoms with Crippen molar-refractivity contribution in [1.82, 2.24) is 4.90 Å². The highest BCUT2D eigenvalue weighted by molar-refractivity contribution is 7.11. The average Bonchev–Trinajstić information content (AvgIpc) is 3.27. The number of anilines is 1. The van der Waals surface area contributed by atoms with Crippen LogP contribution in [0.4, 0.5) is 5.69 Å². The number of nitrogens with zero attached hydrogens (tertiary/aromatic N) is 1. The van der Waals surface area contributed by atoms with Crippen molar-refractivity contribution in [2.45, 2.75) is 45.7 Å². The second-order valence-corrected chi connectivity index (χ2v) is 7.73. The van der Waals surface area contributed by atoms with Crippen molar-refractivity contribution in [3.63, 3.8) is 0 Å². The van der Waals surface area contributed by atoms with Crippen LogP contribution in [0.25, 0.3) is 0 Å². The molecule has 0 aliphatic heterocycles. The molecule has 1 aromatic heterocycles. The fourth-order valence-corrected chi connectivity index (χ4v) is 3.60. The summed E-state index contributed by atoms with van der Waals surface area (Å²) in [5.74, 6) is -0.340. The first-order valence-corrected chi connectivity index (χ1v) is 9.04. The molecular weight excluding hydrogens is 320 g/mol. The smallest absolute Gasteiger partial charge is 0.233 e. The van der Waals surface area contributed by atoms with E-state index < -0.39 is 0 Å². The lowest BCUT2D eigenvalue weighted by Crippen LogP contribution is -2.34. The Kier molecular flexibility index (Phi) is 5.00. The maximum atomic E-state index is 12.6. The largest absolute Gasteiger partial charge is 0.334 e. The number of benzene rings is 1. The van der Waals surface area contributed by atoms with E-state index in [0.29, 0.717) is 12.6 Å². The van der Waals surface area contributed by atoms with Crippen LogP contribution in [0.1, 0.15) is 34.6 Å². The summed E-state index contributed by atoms with van der Waals surface area (Å²) in [6.07, 6.45) is 1.97. The third-order valence-corrected chi connectivity index (χ3v) is 5.03. The first-order valence-electron chi connectivity index (χ1n) is 8.22. The van der Waals surface area contributed by atoms with Crippen molar-refractivity contribution >= 4 is 28.8 Å². The van der Waals surface area contributed by atoms with Gasteiger partial charge in [0.05, 0.1) is 6.54 Å². The normalized spacial score (nSPS) is 13.6. The van der Waals surface area contributed by atoms with E-state index >= 15 is 0 Å². The summed E-state index contributed by atoms with van der Waals surface area (Å²) in [6.45, 7) is 4.64. The Labute approximate surface area is 146 Å². The summed E-state index contributed by atoms with van der Waals surface area (Å²) in [4.78, 5) is 29.0. The topological polar surface area (TPSA) is 49.4 Å². The van der Waals surface area contributed by atoms with E-state index in [4.69, 9.17) is 0 Å². The molecule has 1 aliphatic carbocycles. The molecule has 126 valence electrons. The fraction of sp³-hybridized carbons (Fsp3) is 0.368. The summed E-state index contributed by atoms with van der Waals surface area (Å²) in [6, 6.07) is 12.0. The number of hydrogen-bond acceptors (Lipinski definition) is 3. The van der Waals surface area contributed by atoms with Gasteiger partial charge in [-0.1, -0.05) is 12.1 Å². The standard InChI is InChI=1S/C19H22N2O2S/c1-13-4-3-5-15(10-13)20-18(22)11-19(23)21(16-7-8-16)12-17-9-6-14(2)24-17/h3-6,9-10,16H,7-8,11-12H2,1-2H3,(H,20,22). The second kappa shape index (κ2) is 7.18. The van der Waals surface area contributed by atoms with E-state index in [0.717, 1.165) is 24.1 Å². The quantitative estimate of drug-likeness (QED) is 0.810. The zero-order chi connectivity index (χ0) is 17.1. The fourth-order valence-electron chi connectivity index (χ4n) is 2.71. The molecule has 0 atom stereocenters. The SMILES string of the molecule is Cc1cccc(NC(=O)CC(=O)N(Cc2ccc(C)s2)C2CC2)c1. The van der Waals surface area contributed by atoms with Crippen molar-refractivity contribution < 1.29 is 9.59 Å². The van der Waals surface area contributed by atoms with Gasteiger partial charge in [-0.05, 0) is 56.5 Å². The summed E-state index contributed by atoms with van der Waals surface area (Å²) < 4.78 is 0. The van der Waals surface area contributed by atoms with Gasteiger partial charge in [0, 0.05) is 21.5 Å². The number of thiophene rings is 1.